The molecule has 2 fully saturated rings. The second-order valence-corrected chi connectivity index (χ2v) is 15.9. The zero-order chi connectivity index (χ0) is 36.8. The summed E-state index contributed by atoms with van der Waals surface area (Å²) < 4.78 is 22.8. The summed E-state index contributed by atoms with van der Waals surface area (Å²) in [6.45, 7) is 17.4. The molecule has 280 valence electrons. The summed E-state index contributed by atoms with van der Waals surface area (Å²) in [5, 5.41) is 3.16. The quantitative estimate of drug-likeness (QED) is 0.236. The Labute approximate surface area is 298 Å². The molecule has 1 saturated heterocycles. The average molecular weight is 701 g/mol. The summed E-state index contributed by atoms with van der Waals surface area (Å²) in [4.78, 5) is 60.5. The summed E-state index contributed by atoms with van der Waals surface area (Å²) in [6.07, 6.45) is 3.73. The van der Waals surface area contributed by atoms with Crippen molar-refractivity contribution in [2.75, 3.05) is 56.4 Å². The van der Waals surface area contributed by atoms with Crippen molar-refractivity contribution in [3.8, 4) is 5.75 Å². The van der Waals surface area contributed by atoms with Gasteiger partial charge in [-0.15, -0.1) is 0 Å². The molecule has 3 atom stereocenters. The molecule has 0 spiro atoms. The Morgan fingerprint density at radius 1 is 1.10 bits per heavy atom. The van der Waals surface area contributed by atoms with Gasteiger partial charge in [-0.2, -0.15) is 0 Å². The predicted octanol–water partition coefficient (Wildman–Crippen LogP) is 5.55. The van der Waals surface area contributed by atoms with Crippen LogP contribution in [0.4, 0.5) is 16.2 Å². The van der Waals surface area contributed by atoms with Crippen molar-refractivity contribution in [2.24, 2.45) is 17.8 Å². The van der Waals surface area contributed by atoms with E-state index in [0.717, 1.165) is 32.1 Å². The average Bonchev–Trinajstić information content (AvgIpc) is 3.87. The maximum absolute atomic E-state index is 14.6. The van der Waals surface area contributed by atoms with Gasteiger partial charge in [0.05, 0.1) is 30.2 Å². The number of carbonyl (C=O) groups is 4. The molecule has 2 heterocycles. The van der Waals surface area contributed by atoms with Gasteiger partial charge in [-0.1, -0.05) is 13.8 Å². The fraction of sp³-hybridized carbons (Fsp3) is 0.737. The van der Waals surface area contributed by atoms with E-state index in [1.807, 2.05) is 30.0 Å². The Morgan fingerprint density at radius 2 is 1.80 bits per heavy atom. The minimum atomic E-state index is -1.03. The molecule has 1 saturated carbocycles. The van der Waals surface area contributed by atoms with Gasteiger partial charge in [0.1, 0.15) is 11.4 Å². The largest absolute Gasteiger partial charge is 0.476 e. The Bertz CT molecular complexity index is 1350. The minimum Gasteiger partial charge on any atom is -0.476 e. The number of fused-ring (bicyclic) bond motifs is 1. The van der Waals surface area contributed by atoms with Crippen LogP contribution in [0.15, 0.2) is 18.2 Å². The number of ether oxygens (including phenoxy) is 4. The van der Waals surface area contributed by atoms with E-state index in [1.54, 1.807) is 46.6 Å². The second kappa shape index (κ2) is 16.8. The standard InChI is InChI=1S/C38H60N4O8/c1-10-48-24-28(19-25(2)3)39-33(43)26-20-27(23-40(22-26)36(46)50-37(4,5)6)34(44)42(29-13-14-29)30-15-16-32-31(21-30)41(17-11-12-18-47-9)35(45)38(7,8)49-32/h15-16,21,25-29H,10-14,17-20,22-24H2,1-9H3,(H,39,43)/t26-,27+,28+/m0/s1. The summed E-state index contributed by atoms with van der Waals surface area (Å²) in [7, 11) is 1.66. The molecule has 12 heteroatoms. The van der Waals surface area contributed by atoms with Crippen LogP contribution in [0.2, 0.25) is 0 Å². The highest BCUT2D eigenvalue weighted by Gasteiger charge is 2.45. The smallest absolute Gasteiger partial charge is 0.410 e. The highest BCUT2D eigenvalue weighted by atomic mass is 16.6. The number of anilines is 2. The molecule has 1 aromatic rings. The van der Waals surface area contributed by atoms with E-state index >= 15 is 0 Å². The van der Waals surface area contributed by atoms with Gasteiger partial charge in [0.25, 0.3) is 5.91 Å². The minimum absolute atomic E-state index is 0.0156. The van der Waals surface area contributed by atoms with Crippen molar-refractivity contribution in [3.63, 3.8) is 0 Å². The van der Waals surface area contributed by atoms with Gasteiger partial charge in [-0.25, -0.2) is 4.79 Å². The van der Waals surface area contributed by atoms with E-state index < -0.39 is 29.1 Å². The van der Waals surface area contributed by atoms with Crippen LogP contribution in [0.3, 0.4) is 0 Å². The molecular formula is C38H60N4O8. The summed E-state index contributed by atoms with van der Waals surface area (Å²) in [6, 6.07) is 5.38. The third-order valence-electron chi connectivity index (χ3n) is 9.21. The van der Waals surface area contributed by atoms with Crippen LogP contribution < -0.4 is 19.9 Å². The third kappa shape index (κ3) is 10.3. The second-order valence-electron chi connectivity index (χ2n) is 15.9. The number of nitrogens with one attached hydrogen (secondary N) is 1. The maximum Gasteiger partial charge on any atom is 0.410 e. The molecule has 4 amide bonds. The fourth-order valence-corrected chi connectivity index (χ4v) is 6.75. The van der Waals surface area contributed by atoms with Gasteiger partial charge in [0.2, 0.25) is 11.8 Å². The van der Waals surface area contributed by atoms with Crippen LogP contribution in [0, 0.1) is 17.8 Å². The number of hydrogen-bond donors (Lipinski definition) is 1. The van der Waals surface area contributed by atoms with E-state index in [0.29, 0.717) is 55.8 Å². The number of benzene rings is 1. The van der Waals surface area contributed by atoms with Crippen molar-refractivity contribution >= 4 is 35.2 Å². The zero-order valence-electron chi connectivity index (χ0n) is 31.7. The molecule has 3 aliphatic rings. The first-order chi connectivity index (χ1) is 23.5. The molecule has 0 aromatic heterocycles. The van der Waals surface area contributed by atoms with Crippen LogP contribution >= 0.6 is 0 Å². The van der Waals surface area contributed by atoms with Gasteiger partial charge < -0.3 is 39.0 Å². The van der Waals surface area contributed by atoms with E-state index in [4.69, 9.17) is 18.9 Å². The molecule has 1 aromatic carbocycles. The summed E-state index contributed by atoms with van der Waals surface area (Å²) in [5.41, 5.74) is -0.470. The van der Waals surface area contributed by atoms with E-state index in [2.05, 4.69) is 19.2 Å². The molecule has 0 radical (unpaired) electrons. The van der Waals surface area contributed by atoms with Crippen LogP contribution in [-0.4, -0.2) is 98.6 Å². The van der Waals surface area contributed by atoms with Gasteiger partial charge in [0.15, 0.2) is 5.60 Å². The lowest BCUT2D eigenvalue weighted by Crippen LogP contribution is -2.55. The number of nitrogens with zero attached hydrogens (tertiary/aromatic N) is 3. The van der Waals surface area contributed by atoms with Crippen molar-refractivity contribution in [3.05, 3.63) is 18.2 Å². The molecule has 12 nitrogen and oxygen atoms in total. The van der Waals surface area contributed by atoms with Gasteiger partial charge in [-0.05, 0) is 104 Å². The van der Waals surface area contributed by atoms with Gasteiger partial charge in [0, 0.05) is 51.7 Å². The lowest BCUT2D eigenvalue weighted by Gasteiger charge is -2.40. The van der Waals surface area contributed by atoms with Crippen LogP contribution in [0.25, 0.3) is 0 Å². The number of piperidine rings is 1. The first-order valence-electron chi connectivity index (χ1n) is 18.4. The van der Waals surface area contributed by atoms with E-state index in [1.165, 1.54) is 4.90 Å². The Hall–Kier alpha value is -3.38. The lowest BCUT2D eigenvalue weighted by molar-refractivity contribution is -0.133. The Morgan fingerprint density at radius 3 is 2.42 bits per heavy atom. The number of methoxy groups -OCH3 is 1. The molecule has 2 aliphatic heterocycles. The zero-order valence-corrected chi connectivity index (χ0v) is 31.7. The fourth-order valence-electron chi connectivity index (χ4n) is 6.75. The first kappa shape index (κ1) is 39.4. The number of unbranched alkanes of at least 4 members (excludes halogenated alkanes) is 1. The number of likely N-dealkylation sites (tertiary alicyclic amines) is 1. The first-order valence-corrected chi connectivity index (χ1v) is 18.4. The normalized spacial score (nSPS) is 21.0. The molecule has 1 N–H and O–H groups in total. The number of rotatable bonds is 15. The topological polar surface area (TPSA) is 127 Å². The van der Waals surface area contributed by atoms with Crippen molar-refractivity contribution in [1.29, 1.82) is 0 Å². The SMILES string of the molecule is CCOC[C@@H](CC(C)C)NC(=O)[C@H]1C[C@@H](C(=O)N(c2ccc3c(c2)N(CCCCOC)C(=O)C(C)(C)O3)C2CC2)CN(C(=O)OC(C)(C)C)C1. The molecule has 50 heavy (non-hydrogen) atoms. The number of amides is 4. The molecule has 4 rings (SSSR count). The maximum atomic E-state index is 14.6. The Balaban J connectivity index is 1.63. The highest BCUT2D eigenvalue weighted by Crippen LogP contribution is 2.43. The number of carbonyl (C=O) groups excluding carboxylic acids is 4. The van der Waals surface area contributed by atoms with Crippen molar-refractivity contribution < 1.29 is 38.1 Å². The van der Waals surface area contributed by atoms with Gasteiger partial charge in [-0.3, -0.25) is 14.4 Å². The molecule has 1 aliphatic carbocycles. The number of hydrogen-bond acceptors (Lipinski definition) is 8. The van der Waals surface area contributed by atoms with E-state index in [-0.39, 0.29) is 42.9 Å². The molecular weight excluding hydrogens is 640 g/mol. The van der Waals surface area contributed by atoms with Crippen LogP contribution in [0.1, 0.15) is 93.9 Å². The third-order valence-corrected chi connectivity index (χ3v) is 9.21. The molecule has 0 bridgehead atoms. The van der Waals surface area contributed by atoms with Crippen molar-refractivity contribution in [2.45, 2.75) is 117 Å². The highest BCUT2D eigenvalue weighted by molar-refractivity contribution is 6.04. The van der Waals surface area contributed by atoms with Crippen molar-refractivity contribution in [1.82, 2.24) is 10.2 Å². The lowest BCUT2D eigenvalue weighted by atomic mass is 9.87. The summed E-state index contributed by atoms with van der Waals surface area (Å²) >= 11 is 0. The van der Waals surface area contributed by atoms with Gasteiger partial charge >= 0.3 is 6.09 Å². The summed E-state index contributed by atoms with van der Waals surface area (Å²) in [5.74, 6) is -0.809. The van der Waals surface area contributed by atoms with Crippen LogP contribution in [-0.2, 0) is 28.6 Å². The van der Waals surface area contributed by atoms with Crippen LogP contribution in [0.5, 0.6) is 5.75 Å². The molecule has 0 unspecified atom stereocenters. The van der Waals surface area contributed by atoms with E-state index in [9.17, 15) is 19.2 Å². The Kier molecular flexibility index (Phi) is 13.2. The monoisotopic (exact) mass is 700 g/mol. The predicted molar refractivity (Wildman–Crippen MR) is 192 cm³/mol.